The topological polar surface area (TPSA) is 57.1 Å². The zero-order valence-corrected chi connectivity index (χ0v) is 15.2. The predicted molar refractivity (Wildman–Crippen MR) is 100 cm³/mol. The molecule has 5 heteroatoms. The van der Waals surface area contributed by atoms with Crippen LogP contribution in [0, 0.1) is 6.92 Å². The van der Waals surface area contributed by atoms with E-state index in [1.807, 2.05) is 25.3 Å². The second kappa shape index (κ2) is 8.14. The zero-order valence-electron chi connectivity index (χ0n) is 15.2. The Hall–Kier alpha value is -2.37. The molecule has 0 amide bonds. The lowest BCUT2D eigenvalue weighted by molar-refractivity contribution is 0.345. The number of aromatic amines is 1. The third kappa shape index (κ3) is 4.59. The van der Waals surface area contributed by atoms with E-state index in [1.54, 1.807) is 0 Å². The first-order valence-electron chi connectivity index (χ1n) is 8.72. The van der Waals surface area contributed by atoms with E-state index in [0.29, 0.717) is 0 Å². The fourth-order valence-corrected chi connectivity index (χ4v) is 2.83. The van der Waals surface area contributed by atoms with Crippen molar-refractivity contribution >= 4 is 0 Å². The average molecular weight is 338 g/mol. The quantitative estimate of drug-likeness (QED) is 0.657. The van der Waals surface area contributed by atoms with Gasteiger partial charge in [0.05, 0.1) is 6.20 Å². The highest BCUT2D eigenvalue weighted by molar-refractivity contribution is 5.56. The molecule has 0 aliphatic rings. The molecule has 0 radical (unpaired) electrons. The molecule has 2 N–H and O–H groups in total. The average Bonchev–Trinajstić information content (AvgIpc) is 3.24. The SMILES string of the molecule is CCN(C)Cc1cccc(CNCc2cn[nH]c2-c2ccc(C)o2)c1. The highest BCUT2D eigenvalue weighted by Gasteiger charge is 2.10. The molecule has 0 fully saturated rings. The Balaban J connectivity index is 1.59. The van der Waals surface area contributed by atoms with Gasteiger partial charge in [-0.15, -0.1) is 0 Å². The predicted octanol–water partition coefficient (Wildman–Crippen LogP) is 3.72. The fraction of sp³-hybridized carbons (Fsp3) is 0.350. The van der Waals surface area contributed by atoms with Crippen LogP contribution in [0.3, 0.4) is 0 Å². The number of furan rings is 1. The summed E-state index contributed by atoms with van der Waals surface area (Å²) in [5.41, 5.74) is 4.69. The minimum absolute atomic E-state index is 0.741. The smallest absolute Gasteiger partial charge is 0.152 e. The molecule has 25 heavy (non-hydrogen) atoms. The third-order valence-electron chi connectivity index (χ3n) is 4.33. The molecule has 5 nitrogen and oxygen atoms in total. The lowest BCUT2D eigenvalue weighted by atomic mass is 10.1. The summed E-state index contributed by atoms with van der Waals surface area (Å²) in [5, 5.41) is 10.7. The van der Waals surface area contributed by atoms with E-state index in [-0.39, 0.29) is 0 Å². The summed E-state index contributed by atoms with van der Waals surface area (Å²) in [4.78, 5) is 2.30. The van der Waals surface area contributed by atoms with E-state index >= 15 is 0 Å². The summed E-state index contributed by atoms with van der Waals surface area (Å²) in [6, 6.07) is 12.7. The Morgan fingerprint density at radius 2 is 2.00 bits per heavy atom. The molecule has 0 bridgehead atoms. The first kappa shape index (κ1) is 17.5. The number of aromatic nitrogens is 2. The minimum atomic E-state index is 0.741. The van der Waals surface area contributed by atoms with Gasteiger partial charge in [0, 0.05) is 25.2 Å². The summed E-state index contributed by atoms with van der Waals surface area (Å²) < 4.78 is 5.69. The van der Waals surface area contributed by atoms with E-state index in [1.165, 1.54) is 11.1 Å². The molecule has 132 valence electrons. The maximum atomic E-state index is 5.69. The largest absolute Gasteiger partial charge is 0.460 e. The Morgan fingerprint density at radius 1 is 1.16 bits per heavy atom. The first-order valence-corrected chi connectivity index (χ1v) is 8.72. The number of nitrogens with one attached hydrogen (secondary N) is 2. The maximum absolute atomic E-state index is 5.69. The van der Waals surface area contributed by atoms with Gasteiger partial charge in [0.25, 0.3) is 0 Å². The molecule has 0 atom stereocenters. The highest BCUT2D eigenvalue weighted by Crippen LogP contribution is 2.23. The van der Waals surface area contributed by atoms with Gasteiger partial charge in [0.1, 0.15) is 11.5 Å². The van der Waals surface area contributed by atoms with Crippen LogP contribution in [0.4, 0.5) is 0 Å². The van der Waals surface area contributed by atoms with E-state index < -0.39 is 0 Å². The van der Waals surface area contributed by atoms with Crippen LogP contribution < -0.4 is 5.32 Å². The molecule has 0 aliphatic heterocycles. The number of aryl methyl sites for hydroxylation is 1. The summed E-state index contributed by atoms with van der Waals surface area (Å²) in [7, 11) is 2.14. The van der Waals surface area contributed by atoms with Crippen molar-refractivity contribution in [2.75, 3.05) is 13.6 Å². The number of benzene rings is 1. The van der Waals surface area contributed by atoms with E-state index in [4.69, 9.17) is 4.42 Å². The second-order valence-electron chi connectivity index (χ2n) is 6.43. The summed E-state index contributed by atoms with van der Waals surface area (Å²) in [6.45, 7) is 7.72. The molecule has 0 aliphatic carbocycles. The van der Waals surface area contributed by atoms with Crippen LogP contribution in [0.15, 0.2) is 47.0 Å². The van der Waals surface area contributed by atoms with Gasteiger partial charge < -0.3 is 14.6 Å². The van der Waals surface area contributed by atoms with Gasteiger partial charge in [-0.25, -0.2) is 0 Å². The Labute approximate surface area is 149 Å². The van der Waals surface area contributed by atoms with Gasteiger partial charge in [-0.05, 0) is 43.8 Å². The zero-order chi connectivity index (χ0) is 17.6. The normalized spacial score (nSPS) is 11.4. The second-order valence-corrected chi connectivity index (χ2v) is 6.43. The van der Waals surface area contributed by atoms with E-state index in [0.717, 1.165) is 49.0 Å². The molecule has 2 aromatic heterocycles. The molecule has 0 unspecified atom stereocenters. The molecule has 3 rings (SSSR count). The van der Waals surface area contributed by atoms with Crippen molar-refractivity contribution in [3.8, 4) is 11.5 Å². The molecule has 3 aromatic rings. The Bertz CT molecular complexity index is 805. The standard InChI is InChI=1S/C20H26N4O/c1-4-24(3)14-17-7-5-6-16(10-17)11-21-12-18-13-22-23-20(18)19-9-8-15(2)25-19/h5-10,13,21H,4,11-12,14H2,1-3H3,(H,22,23). The van der Waals surface area contributed by atoms with Gasteiger partial charge in [-0.1, -0.05) is 31.2 Å². The van der Waals surface area contributed by atoms with Crippen LogP contribution in [0.1, 0.15) is 29.4 Å². The van der Waals surface area contributed by atoms with Crippen molar-refractivity contribution in [1.82, 2.24) is 20.4 Å². The number of hydrogen-bond donors (Lipinski definition) is 2. The van der Waals surface area contributed by atoms with Gasteiger partial charge in [0.15, 0.2) is 5.76 Å². The van der Waals surface area contributed by atoms with Crippen molar-refractivity contribution in [1.29, 1.82) is 0 Å². The maximum Gasteiger partial charge on any atom is 0.152 e. The van der Waals surface area contributed by atoms with E-state index in [9.17, 15) is 0 Å². The van der Waals surface area contributed by atoms with Crippen LogP contribution in [-0.2, 0) is 19.6 Å². The van der Waals surface area contributed by atoms with Gasteiger partial charge >= 0.3 is 0 Å². The molecular weight excluding hydrogens is 312 g/mol. The summed E-state index contributed by atoms with van der Waals surface area (Å²) >= 11 is 0. The molecular formula is C20H26N4O. The molecule has 1 aromatic carbocycles. The highest BCUT2D eigenvalue weighted by atomic mass is 16.3. The molecule has 0 saturated heterocycles. The summed E-state index contributed by atoms with van der Waals surface area (Å²) in [5.74, 6) is 1.73. The number of nitrogens with zero attached hydrogens (tertiary/aromatic N) is 2. The van der Waals surface area contributed by atoms with Crippen LogP contribution in [0.5, 0.6) is 0 Å². The lowest BCUT2D eigenvalue weighted by Crippen LogP contribution is -2.17. The van der Waals surface area contributed by atoms with Crippen LogP contribution in [0.2, 0.25) is 0 Å². The number of rotatable bonds is 8. The van der Waals surface area contributed by atoms with Gasteiger partial charge in [-0.2, -0.15) is 5.10 Å². The Kier molecular flexibility index (Phi) is 5.68. The third-order valence-corrected chi connectivity index (χ3v) is 4.33. The number of H-pyrrole nitrogens is 1. The summed E-state index contributed by atoms with van der Waals surface area (Å²) in [6.07, 6.45) is 1.85. The fourth-order valence-electron chi connectivity index (χ4n) is 2.83. The monoisotopic (exact) mass is 338 g/mol. The van der Waals surface area contributed by atoms with Gasteiger partial charge in [-0.3, -0.25) is 5.10 Å². The first-order chi connectivity index (χ1) is 12.2. The van der Waals surface area contributed by atoms with Crippen molar-refractivity contribution in [2.24, 2.45) is 0 Å². The Morgan fingerprint density at radius 3 is 2.76 bits per heavy atom. The van der Waals surface area contributed by atoms with Crippen LogP contribution >= 0.6 is 0 Å². The van der Waals surface area contributed by atoms with Crippen molar-refractivity contribution in [3.05, 3.63) is 65.0 Å². The van der Waals surface area contributed by atoms with Crippen molar-refractivity contribution in [3.63, 3.8) is 0 Å². The molecule has 2 heterocycles. The lowest BCUT2D eigenvalue weighted by Gasteiger charge is -2.14. The van der Waals surface area contributed by atoms with Crippen LogP contribution in [-0.4, -0.2) is 28.7 Å². The molecule has 0 spiro atoms. The van der Waals surface area contributed by atoms with E-state index in [2.05, 4.69) is 58.7 Å². The van der Waals surface area contributed by atoms with Crippen molar-refractivity contribution in [2.45, 2.75) is 33.5 Å². The molecule has 0 saturated carbocycles. The number of hydrogen-bond acceptors (Lipinski definition) is 4. The minimum Gasteiger partial charge on any atom is -0.460 e. The van der Waals surface area contributed by atoms with Crippen molar-refractivity contribution < 1.29 is 4.42 Å². The van der Waals surface area contributed by atoms with Crippen LogP contribution in [0.25, 0.3) is 11.5 Å². The van der Waals surface area contributed by atoms with Gasteiger partial charge in [0.2, 0.25) is 0 Å².